The molecule has 1 heterocycles. The summed E-state index contributed by atoms with van der Waals surface area (Å²) in [6, 6.07) is 8.03. The molecule has 3 rings (SSSR count). The zero-order valence-electron chi connectivity index (χ0n) is 11.7. The first-order chi connectivity index (χ1) is 9.74. The van der Waals surface area contributed by atoms with Crippen molar-refractivity contribution in [2.45, 2.75) is 31.8 Å². The number of ether oxygens (including phenoxy) is 1. The number of nitrogens with zero attached hydrogens (tertiary/aromatic N) is 2. The first kappa shape index (κ1) is 13.2. The van der Waals surface area contributed by atoms with Crippen molar-refractivity contribution in [2.24, 2.45) is 7.05 Å². The Hall–Kier alpha value is -1.81. The average Bonchev–Trinajstić information content (AvgIpc) is 2.85. The number of hydrogen-bond acceptors (Lipinski definition) is 3. The van der Waals surface area contributed by atoms with Gasteiger partial charge in [-0.05, 0) is 48.6 Å². The third-order valence-corrected chi connectivity index (χ3v) is 3.95. The van der Waals surface area contributed by atoms with Gasteiger partial charge in [-0.3, -0.25) is 4.68 Å². The maximum atomic E-state index is 9.93. The lowest BCUT2D eigenvalue weighted by atomic mass is 9.89. The molecule has 4 nitrogen and oxygen atoms in total. The molecule has 1 atom stereocenters. The Morgan fingerprint density at radius 3 is 3.10 bits per heavy atom. The van der Waals surface area contributed by atoms with Crippen molar-refractivity contribution in [3.8, 4) is 5.75 Å². The summed E-state index contributed by atoms with van der Waals surface area (Å²) in [5.41, 5.74) is 3.45. The summed E-state index contributed by atoms with van der Waals surface area (Å²) in [5.74, 6) is 0.889. The molecule has 1 aliphatic carbocycles. The van der Waals surface area contributed by atoms with Crippen LogP contribution in [-0.4, -0.2) is 21.5 Å². The van der Waals surface area contributed by atoms with E-state index >= 15 is 0 Å². The number of fused-ring (bicyclic) bond motifs is 1. The predicted molar refractivity (Wildman–Crippen MR) is 76.7 cm³/mol. The van der Waals surface area contributed by atoms with E-state index < -0.39 is 0 Å². The van der Waals surface area contributed by atoms with Gasteiger partial charge in [0.25, 0.3) is 0 Å². The molecular weight excluding hydrogens is 252 g/mol. The van der Waals surface area contributed by atoms with Crippen LogP contribution < -0.4 is 4.74 Å². The van der Waals surface area contributed by atoms with Gasteiger partial charge in [0.1, 0.15) is 5.75 Å². The van der Waals surface area contributed by atoms with E-state index in [1.165, 1.54) is 11.3 Å². The van der Waals surface area contributed by atoms with Crippen LogP contribution in [0.25, 0.3) is 0 Å². The Bertz CT molecular complexity index is 592. The number of aliphatic hydroxyl groups excluding tert-OH is 1. The van der Waals surface area contributed by atoms with E-state index in [0.717, 1.165) is 37.0 Å². The minimum absolute atomic E-state index is 0.303. The first-order valence-electron chi connectivity index (χ1n) is 7.14. The molecule has 0 radical (unpaired) electrons. The van der Waals surface area contributed by atoms with Crippen molar-refractivity contribution in [2.75, 3.05) is 6.61 Å². The molecule has 0 spiro atoms. The van der Waals surface area contributed by atoms with E-state index in [4.69, 9.17) is 4.74 Å². The smallest absolute Gasteiger partial charge is 0.119 e. The number of aryl methyl sites for hydroxylation is 2. The summed E-state index contributed by atoms with van der Waals surface area (Å²) < 4.78 is 7.68. The number of hydrogen-bond donors (Lipinski definition) is 1. The summed E-state index contributed by atoms with van der Waals surface area (Å²) in [7, 11) is 1.94. The highest BCUT2D eigenvalue weighted by atomic mass is 16.5. The summed E-state index contributed by atoms with van der Waals surface area (Å²) in [6.07, 6.45) is 5.29. The zero-order chi connectivity index (χ0) is 13.9. The van der Waals surface area contributed by atoms with Gasteiger partial charge in [-0.25, -0.2) is 0 Å². The van der Waals surface area contributed by atoms with E-state index in [-0.39, 0.29) is 6.10 Å². The molecule has 0 bridgehead atoms. The van der Waals surface area contributed by atoms with Crippen molar-refractivity contribution in [3.05, 3.63) is 47.3 Å². The quantitative estimate of drug-likeness (QED) is 0.929. The number of benzene rings is 1. The lowest BCUT2D eigenvalue weighted by Crippen LogP contribution is -2.10. The molecule has 0 amide bonds. The zero-order valence-corrected chi connectivity index (χ0v) is 11.7. The topological polar surface area (TPSA) is 47.3 Å². The maximum Gasteiger partial charge on any atom is 0.119 e. The molecule has 4 heteroatoms. The molecule has 0 aliphatic heterocycles. The molecule has 2 aromatic rings. The van der Waals surface area contributed by atoms with Crippen molar-refractivity contribution in [1.29, 1.82) is 0 Å². The van der Waals surface area contributed by atoms with E-state index in [1.807, 2.05) is 29.9 Å². The fourth-order valence-corrected chi connectivity index (χ4v) is 2.77. The summed E-state index contributed by atoms with van der Waals surface area (Å²) >= 11 is 0. The van der Waals surface area contributed by atoms with E-state index in [0.29, 0.717) is 6.61 Å². The molecule has 0 saturated carbocycles. The molecule has 20 heavy (non-hydrogen) atoms. The fraction of sp³-hybridized carbons (Fsp3) is 0.438. The number of aliphatic hydroxyl groups is 1. The lowest BCUT2D eigenvalue weighted by Gasteiger charge is -2.21. The molecule has 1 unspecified atom stereocenters. The van der Waals surface area contributed by atoms with Crippen LogP contribution >= 0.6 is 0 Å². The number of aromatic nitrogens is 2. The normalized spacial score (nSPS) is 17.8. The van der Waals surface area contributed by atoms with Crippen LogP contribution in [0.4, 0.5) is 0 Å². The second-order valence-corrected chi connectivity index (χ2v) is 5.31. The maximum absolute atomic E-state index is 9.93. The molecule has 1 aromatic carbocycles. The molecule has 1 N–H and O–H groups in total. The second kappa shape index (κ2) is 5.67. The van der Waals surface area contributed by atoms with Crippen LogP contribution in [0.3, 0.4) is 0 Å². The van der Waals surface area contributed by atoms with Crippen LogP contribution in [0.15, 0.2) is 30.5 Å². The third kappa shape index (κ3) is 2.70. The Morgan fingerprint density at radius 2 is 2.30 bits per heavy atom. The Morgan fingerprint density at radius 1 is 1.40 bits per heavy atom. The molecule has 106 valence electrons. The monoisotopic (exact) mass is 272 g/mol. The van der Waals surface area contributed by atoms with Gasteiger partial charge in [-0.1, -0.05) is 6.07 Å². The predicted octanol–water partition coefficient (Wildman–Crippen LogP) is 2.41. The van der Waals surface area contributed by atoms with Crippen LogP contribution in [-0.2, 0) is 19.9 Å². The van der Waals surface area contributed by atoms with E-state index in [1.54, 1.807) is 6.20 Å². The van der Waals surface area contributed by atoms with E-state index in [2.05, 4.69) is 11.2 Å². The van der Waals surface area contributed by atoms with Gasteiger partial charge in [-0.15, -0.1) is 0 Å². The van der Waals surface area contributed by atoms with Crippen molar-refractivity contribution < 1.29 is 9.84 Å². The van der Waals surface area contributed by atoms with Crippen molar-refractivity contribution in [1.82, 2.24) is 9.78 Å². The standard InChI is InChI=1S/C16H20N2O2/c1-18-13(7-9-17-18)8-10-20-14-5-6-15-12(11-14)3-2-4-16(15)19/h5-7,9,11,16,19H,2-4,8,10H2,1H3. The van der Waals surface area contributed by atoms with Gasteiger partial charge in [0.15, 0.2) is 0 Å². The largest absolute Gasteiger partial charge is 0.493 e. The second-order valence-electron chi connectivity index (χ2n) is 5.31. The van der Waals surface area contributed by atoms with Gasteiger partial charge >= 0.3 is 0 Å². The summed E-state index contributed by atoms with van der Waals surface area (Å²) in [6.45, 7) is 0.640. The molecule has 0 fully saturated rings. The van der Waals surface area contributed by atoms with Crippen LogP contribution in [0.2, 0.25) is 0 Å². The molecule has 1 aromatic heterocycles. The highest BCUT2D eigenvalue weighted by Crippen LogP contribution is 2.31. The lowest BCUT2D eigenvalue weighted by molar-refractivity contribution is 0.156. The van der Waals surface area contributed by atoms with Crippen molar-refractivity contribution in [3.63, 3.8) is 0 Å². The minimum atomic E-state index is -0.303. The van der Waals surface area contributed by atoms with Crippen LogP contribution in [0, 0.1) is 0 Å². The SMILES string of the molecule is Cn1nccc1CCOc1ccc2c(c1)CCCC2O. The van der Waals surface area contributed by atoms with Crippen molar-refractivity contribution >= 4 is 0 Å². The Kier molecular flexibility index (Phi) is 3.74. The van der Waals surface area contributed by atoms with Crippen LogP contribution in [0.5, 0.6) is 5.75 Å². The van der Waals surface area contributed by atoms with Gasteiger partial charge in [0.05, 0.1) is 12.7 Å². The highest BCUT2D eigenvalue weighted by Gasteiger charge is 2.18. The molecule has 0 saturated heterocycles. The Balaban J connectivity index is 1.62. The van der Waals surface area contributed by atoms with Gasteiger partial charge in [-0.2, -0.15) is 5.10 Å². The van der Waals surface area contributed by atoms with E-state index in [9.17, 15) is 5.11 Å². The average molecular weight is 272 g/mol. The fourth-order valence-electron chi connectivity index (χ4n) is 2.77. The van der Waals surface area contributed by atoms with Crippen LogP contribution in [0.1, 0.15) is 35.8 Å². The van der Waals surface area contributed by atoms with Gasteiger partial charge in [0.2, 0.25) is 0 Å². The number of rotatable bonds is 4. The minimum Gasteiger partial charge on any atom is -0.493 e. The molecular formula is C16H20N2O2. The summed E-state index contributed by atoms with van der Waals surface area (Å²) in [4.78, 5) is 0. The molecule has 1 aliphatic rings. The first-order valence-corrected chi connectivity index (χ1v) is 7.14. The summed E-state index contributed by atoms with van der Waals surface area (Å²) in [5, 5.41) is 14.1. The highest BCUT2D eigenvalue weighted by molar-refractivity contribution is 5.38. The van der Waals surface area contributed by atoms with Gasteiger partial charge < -0.3 is 9.84 Å². The third-order valence-electron chi connectivity index (χ3n) is 3.95. The Labute approximate surface area is 119 Å². The van der Waals surface area contributed by atoms with Gasteiger partial charge in [0, 0.05) is 25.4 Å².